The first-order valence-corrected chi connectivity index (χ1v) is 7.16. The van der Waals surface area contributed by atoms with Gasteiger partial charge in [-0.2, -0.15) is 0 Å². The van der Waals surface area contributed by atoms with E-state index in [-0.39, 0.29) is 6.04 Å². The molecular weight excluding hydrogens is 240 g/mol. The van der Waals surface area contributed by atoms with Crippen LogP contribution in [-0.4, -0.2) is 4.98 Å². The molecule has 1 atom stereocenters. The maximum absolute atomic E-state index is 5.94. The largest absolute Gasteiger partial charge is 0.323 e. The van der Waals surface area contributed by atoms with E-state index in [0.29, 0.717) is 0 Å². The highest BCUT2D eigenvalue weighted by molar-refractivity contribution is 7.98. The van der Waals surface area contributed by atoms with Crippen LogP contribution in [0.3, 0.4) is 0 Å². The van der Waals surface area contributed by atoms with Crippen molar-refractivity contribution in [2.45, 2.75) is 30.0 Å². The Labute approximate surface area is 113 Å². The van der Waals surface area contributed by atoms with Gasteiger partial charge in [0.1, 0.15) is 0 Å². The monoisotopic (exact) mass is 258 g/mol. The Kier molecular flexibility index (Phi) is 4.79. The molecule has 2 N–H and O–H groups in total. The second kappa shape index (κ2) is 6.57. The quantitative estimate of drug-likeness (QED) is 0.829. The molecule has 0 spiro atoms. The molecular formula is C15H18N2S. The van der Waals surface area contributed by atoms with Gasteiger partial charge < -0.3 is 5.73 Å². The standard InChI is InChI=1S/C15H18N2S/c1-2-14(16)15-9-8-13(10-17-15)18-11-12-6-4-3-5-7-12/h3-10,14H,2,11,16H2,1H3. The molecule has 2 nitrogen and oxygen atoms in total. The van der Waals surface area contributed by atoms with Gasteiger partial charge >= 0.3 is 0 Å². The summed E-state index contributed by atoms with van der Waals surface area (Å²) in [4.78, 5) is 5.60. The highest BCUT2D eigenvalue weighted by Gasteiger charge is 2.04. The van der Waals surface area contributed by atoms with Crippen LogP contribution in [0.15, 0.2) is 53.6 Å². The topological polar surface area (TPSA) is 38.9 Å². The Hall–Kier alpha value is -1.32. The first kappa shape index (κ1) is 13.1. The summed E-state index contributed by atoms with van der Waals surface area (Å²) in [7, 11) is 0. The molecule has 0 saturated heterocycles. The normalized spacial score (nSPS) is 12.3. The third-order valence-corrected chi connectivity index (χ3v) is 3.88. The summed E-state index contributed by atoms with van der Waals surface area (Å²) >= 11 is 1.80. The highest BCUT2D eigenvalue weighted by atomic mass is 32.2. The van der Waals surface area contributed by atoms with Gasteiger partial charge in [-0.3, -0.25) is 4.98 Å². The molecule has 1 aromatic heterocycles. The van der Waals surface area contributed by atoms with E-state index in [0.717, 1.165) is 17.9 Å². The zero-order valence-electron chi connectivity index (χ0n) is 10.5. The van der Waals surface area contributed by atoms with Gasteiger partial charge in [-0.15, -0.1) is 11.8 Å². The summed E-state index contributed by atoms with van der Waals surface area (Å²) in [6.45, 7) is 2.07. The number of thioether (sulfide) groups is 1. The molecule has 1 unspecified atom stereocenters. The molecule has 0 aliphatic heterocycles. The Balaban J connectivity index is 1.94. The number of nitrogens with zero attached hydrogens (tertiary/aromatic N) is 1. The van der Waals surface area contributed by atoms with Gasteiger partial charge in [0, 0.05) is 22.9 Å². The Morgan fingerprint density at radius 2 is 1.94 bits per heavy atom. The van der Waals surface area contributed by atoms with Gasteiger partial charge in [-0.05, 0) is 24.1 Å². The van der Waals surface area contributed by atoms with Crippen LogP contribution in [0.5, 0.6) is 0 Å². The molecule has 3 heteroatoms. The molecule has 2 rings (SSSR count). The van der Waals surface area contributed by atoms with E-state index in [1.165, 1.54) is 10.5 Å². The third-order valence-electron chi connectivity index (χ3n) is 2.83. The summed E-state index contributed by atoms with van der Waals surface area (Å²) in [5.74, 6) is 0.974. The van der Waals surface area contributed by atoms with Gasteiger partial charge in [0.15, 0.2) is 0 Å². The molecule has 1 aromatic carbocycles. The number of nitrogens with two attached hydrogens (primary N) is 1. The van der Waals surface area contributed by atoms with Crippen LogP contribution in [0.25, 0.3) is 0 Å². The first-order chi connectivity index (χ1) is 8.79. The molecule has 0 radical (unpaired) electrons. The van der Waals surface area contributed by atoms with E-state index < -0.39 is 0 Å². The van der Waals surface area contributed by atoms with Gasteiger partial charge in [0.05, 0.1) is 5.69 Å². The van der Waals surface area contributed by atoms with Crippen LogP contribution in [0, 0.1) is 0 Å². The lowest BCUT2D eigenvalue weighted by atomic mass is 10.1. The SMILES string of the molecule is CCC(N)c1ccc(SCc2ccccc2)cn1. The van der Waals surface area contributed by atoms with E-state index in [2.05, 4.69) is 42.2 Å². The molecule has 0 saturated carbocycles. The van der Waals surface area contributed by atoms with Crippen molar-refractivity contribution in [2.24, 2.45) is 5.73 Å². The Morgan fingerprint density at radius 1 is 1.17 bits per heavy atom. The van der Waals surface area contributed by atoms with Crippen LogP contribution < -0.4 is 5.73 Å². The van der Waals surface area contributed by atoms with Gasteiger partial charge in [-0.25, -0.2) is 0 Å². The second-order valence-electron chi connectivity index (χ2n) is 4.21. The van der Waals surface area contributed by atoms with E-state index in [1.807, 2.05) is 18.3 Å². The van der Waals surface area contributed by atoms with Crippen LogP contribution in [0.1, 0.15) is 30.6 Å². The van der Waals surface area contributed by atoms with Crippen molar-refractivity contribution < 1.29 is 0 Å². The molecule has 0 amide bonds. The van der Waals surface area contributed by atoms with E-state index >= 15 is 0 Å². The lowest BCUT2D eigenvalue weighted by Gasteiger charge is -2.08. The predicted octanol–water partition coefficient (Wildman–Crippen LogP) is 3.78. The van der Waals surface area contributed by atoms with Crippen LogP contribution >= 0.6 is 11.8 Å². The van der Waals surface area contributed by atoms with Crippen molar-refractivity contribution in [1.82, 2.24) is 4.98 Å². The summed E-state index contributed by atoms with van der Waals surface area (Å²) in [6.07, 6.45) is 2.84. The number of rotatable bonds is 5. The van der Waals surface area contributed by atoms with Crippen molar-refractivity contribution >= 4 is 11.8 Å². The molecule has 18 heavy (non-hydrogen) atoms. The smallest absolute Gasteiger partial charge is 0.0571 e. The Morgan fingerprint density at radius 3 is 2.56 bits per heavy atom. The Bertz CT molecular complexity index is 468. The molecule has 1 heterocycles. The first-order valence-electron chi connectivity index (χ1n) is 6.18. The lowest BCUT2D eigenvalue weighted by Crippen LogP contribution is -2.10. The zero-order valence-corrected chi connectivity index (χ0v) is 11.4. The summed E-state index contributed by atoms with van der Waals surface area (Å²) in [5.41, 5.74) is 8.24. The second-order valence-corrected chi connectivity index (χ2v) is 5.26. The molecule has 0 fully saturated rings. The highest BCUT2D eigenvalue weighted by Crippen LogP contribution is 2.23. The fourth-order valence-electron chi connectivity index (χ4n) is 1.65. The lowest BCUT2D eigenvalue weighted by molar-refractivity contribution is 0.674. The fraction of sp³-hybridized carbons (Fsp3) is 0.267. The molecule has 0 aliphatic carbocycles. The summed E-state index contributed by atoms with van der Waals surface area (Å²) in [5, 5.41) is 0. The number of pyridine rings is 1. The average Bonchev–Trinajstić information content (AvgIpc) is 2.46. The fourth-order valence-corrected chi connectivity index (χ4v) is 2.46. The molecule has 0 aliphatic rings. The van der Waals surface area contributed by atoms with Gasteiger partial charge in [-0.1, -0.05) is 37.3 Å². The van der Waals surface area contributed by atoms with Crippen molar-refractivity contribution in [3.63, 3.8) is 0 Å². The summed E-state index contributed by atoms with van der Waals surface area (Å²) < 4.78 is 0. The van der Waals surface area contributed by atoms with Crippen molar-refractivity contribution in [3.8, 4) is 0 Å². The van der Waals surface area contributed by atoms with Crippen LogP contribution in [-0.2, 0) is 5.75 Å². The average molecular weight is 258 g/mol. The molecule has 94 valence electrons. The van der Waals surface area contributed by atoms with E-state index in [4.69, 9.17) is 5.73 Å². The predicted molar refractivity (Wildman–Crippen MR) is 77.5 cm³/mol. The van der Waals surface area contributed by atoms with Crippen molar-refractivity contribution in [2.75, 3.05) is 0 Å². The number of hydrogen-bond donors (Lipinski definition) is 1. The maximum atomic E-state index is 5.94. The number of aromatic nitrogens is 1. The van der Waals surface area contributed by atoms with Crippen molar-refractivity contribution in [3.05, 3.63) is 59.9 Å². The van der Waals surface area contributed by atoms with E-state index in [9.17, 15) is 0 Å². The van der Waals surface area contributed by atoms with Gasteiger partial charge in [0.25, 0.3) is 0 Å². The van der Waals surface area contributed by atoms with Crippen LogP contribution in [0.2, 0.25) is 0 Å². The van der Waals surface area contributed by atoms with E-state index in [1.54, 1.807) is 11.8 Å². The third kappa shape index (κ3) is 3.59. The minimum atomic E-state index is 0.0539. The summed E-state index contributed by atoms with van der Waals surface area (Å²) in [6, 6.07) is 14.6. The molecule has 0 bridgehead atoms. The van der Waals surface area contributed by atoms with Crippen LogP contribution in [0.4, 0.5) is 0 Å². The minimum Gasteiger partial charge on any atom is -0.323 e. The van der Waals surface area contributed by atoms with Gasteiger partial charge in [0.2, 0.25) is 0 Å². The maximum Gasteiger partial charge on any atom is 0.0571 e. The minimum absolute atomic E-state index is 0.0539. The number of hydrogen-bond acceptors (Lipinski definition) is 3. The molecule has 2 aromatic rings. The number of benzene rings is 1. The van der Waals surface area contributed by atoms with Crippen molar-refractivity contribution in [1.29, 1.82) is 0 Å². The zero-order chi connectivity index (χ0) is 12.8.